The van der Waals surface area contributed by atoms with Crippen molar-refractivity contribution in [3.63, 3.8) is 0 Å². The molecule has 43 heavy (non-hydrogen) atoms. The number of aromatic nitrogens is 3. The summed E-state index contributed by atoms with van der Waals surface area (Å²) in [4.78, 5) is 28.0. The Morgan fingerprint density at radius 1 is 1.23 bits per heavy atom. The lowest BCUT2D eigenvalue weighted by molar-refractivity contribution is -0.121. The van der Waals surface area contributed by atoms with Crippen LogP contribution in [0.4, 0.5) is 5.95 Å². The predicted molar refractivity (Wildman–Crippen MR) is 176 cm³/mol. The van der Waals surface area contributed by atoms with Gasteiger partial charge < -0.3 is 10.1 Å². The zero-order valence-electron chi connectivity index (χ0n) is 26.2. The second kappa shape index (κ2) is 15.0. The van der Waals surface area contributed by atoms with Crippen LogP contribution in [-0.4, -0.2) is 45.0 Å². The minimum Gasteiger partial charge on any atom is -0.372 e. The van der Waals surface area contributed by atoms with Gasteiger partial charge in [-0.25, -0.2) is 4.57 Å². The van der Waals surface area contributed by atoms with E-state index in [4.69, 9.17) is 4.74 Å². The third-order valence-corrected chi connectivity index (χ3v) is 9.90. The predicted octanol–water partition coefficient (Wildman–Crippen LogP) is 6.80. The first-order chi connectivity index (χ1) is 20.6. The number of nitrogens with zero attached hydrogens (tertiary/aromatic N) is 4. The van der Waals surface area contributed by atoms with E-state index < -0.39 is 0 Å². The minimum atomic E-state index is -0.00279. The monoisotopic (exact) mass is 621 g/mol. The maximum absolute atomic E-state index is 12.8. The third kappa shape index (κ3) is 8.04. The van der Waals surface area contributed by atoms with Gasteiger partial charge in [0.15, 0.2) is 5.16 Å². The summed E-state index contributed by atoms with van der Waals surface area (Å²) in [7, 11) is 0. The molecule has 10 heteroatoms. The summed E-state index contributed by atoms with van der Waals surface area (Å²) in [5.41, 5.74) is 5.43. The van der Waals surface area contributed by atoms with Crippen LogP contribution in [0.25, 0.3) is 5.00 Å². The zero-order chi connectivity index (χ0) is 31.1. The number of benzene rings is 1. The van der Waals surface area contributed by atoms with Gasteiger partial charge in [-0.15, -0.1) is 21.5 Å². The highest BCUT2D eigenvalue weighted by Gasteiger charge is 2.30. The largest absolute Gasteiger partial charge is 0.372 e. The quantitative estimate of drug-likeness (QED) is 0.128. The van der Waals surface area contributed by atoms with Crippen molar-refractivity contribution in [3.05, 3.63) is 75.3 Å². The summed E-state index contributed by atoms with van der Waals surface area (Å²) in [5, 5.41) is 13.8. The van der Waals surface area contributed by atoms with Gasteiger partial charge in [-0.05, 0) is 69.7 Å². The first-order valence-electron chi connectivity index (χ1n) is 14.8. The molecular formula is C33H43N5O3S2. The highest BCUT2D eigenvalue weighted by Crippen LogP contribution is 2.40. The van der Waals surface area contributed by atoms with Crippen molar-refractivity contribution in [1.82, 2.24) is 20.1 Å². The molecule has 1 aliphatic rings. The number of amides is 2. The standard InChI is InChI=1S/C33H43N5O3S2/c1-8-22(4)16-24(6)37(20-39)32-35-36-33(42-15-14-30(40)34-23(5)17-26-12-10-9-11-13-26)38(32)31-25(7)27-18-28(21(2)3)41-19-29(27)43-31/h8-13,16,20-21,23,28H,14-15,17-19H2,1-7H3,(H,34,40)/b22-8-,24-16+. The van der Waals surface area contributed by atoms with Gasteiger partial charge in [-0.1, -0.05) is 67.6 Å². The summed E-state index contributed by atoms with van der Waals surface area (Å²) < 4.78 is 8.15. The average Bonchev–Trinajstić information content (AvgIpc) is 3.53. The van der Waals surface area contributed by atoms with Crippen LogP contribution in [0.15, 0.2) is 58.9 Å². The number of carbonyl (C=O) groups excluding carboxylic acids is 2. The zero-order valence-corrected chi connectivity index (χ0v) is 27.8. The van der Waals surface area contributed by atoms with Gasteiger partial charge in [0.2, 0.25) is 18.3 Å². The summed E-state index contributed by atoms with van der Waals surface area (Å²) in [6.45, 7) is 14.9. The minimum absolute atomic E-state index is 0.00279. The van der Waals surface area contributed by atoms with Gasteiger partial charge in [0.1, 0.15) is 5.00 Å². The van der Waals surface area contributed by atoms with E-state index in [2.05, 4.69) is 48.4 Å². The number of rotatable bonds is 13. The van der Waals surface area contributed by atoms with E-state index in [9.17, 15) is 9.59 Å². The van der Waals surface area contributed by atoms with Gasteiger partial charge >= 0.3 is 0 Å². The molecule has 0 aliphatic carbocycles. The van der Waals surface area contributed by atoms with Crippen LogP contribution in [0.2, 0.25) is 0 Å². The molecule has 0 bridgehead atoms. The fourth-order valence-electron chi connectivity index (χ4n) is 5.12. The van der Waals surface area contributed by atoms with Crippen molar-refractivity contribution < 1.29 is 14.3 Å². The van der Waals surface area contributed by atoms with Crippen molar-refractivity contribution >= 4 is 41.4 Å². The molecule has 1 N–H and O–H groups in total. The van der Waals surface area contributed by atoms with Crippen LogP contribution in [0.5, 0.6) is 0 Å². The second-order valence-electron chi connectivity index (χ2n) is 11.4. The molecule has 0 spiro atoms. The smallest absolute Gasteiger partial charge is 0.244 e. The number of thioether (sulfide) groups is 1. The third-order valence-electron chi connectivity index (χ3n) is 7.67. The number of thiophene rings is 1. The molecule has 1 aliphatic heterocycles. The van der Waals surface area contributed by atoms with E-state index in [-0.39, 0.29) is 18.1 Å². The molecular weight excluding hydrogens is 579 g/mol. The Balaban J connectivity index is 1.59. The topological polar surface area (TPSA) is 89.4 Å². The number of hydrogen-bond acceptors (Lipinski definition) is 7. The Kier molecular flexibility index (Phi) is 11.4. The molecule has 0 saturated heterocycles. The van der Waals surface area contributed by atoms with Crippen molar-refractivity contribution in [2.75, 3.05) is 10.7 Å². The SMILES string of the molecule is C/C=C(C)\C=C(/C)N(C=O)c1nnc(SCCC(=O)NC(C)Cc2ccccc2)n1-c1sc2c(c1C)CC(C(C)C)OC2. The fraction of sp³-hybridized carbons (Fsp3) is 0.455. The second-order valence-corrected chi connectivity index (χ2v) is 13.5. The lowest BCUT2D eigenvalue weighted by Crippen LogP contribution is -2.34. The summed E-state index contributed by atoms with van der Waals surface area (Å²) in [6, 6.07) is 10.2. The number of hydrogen-bond donors (Lipinski definition) is 1. The molecule has 2 unspecified atom stereocenters. The summed E-state index contributed by atoms with van der Waals surface area (Å²) >= 11 is 3.13. The molecule has 2 amide bonds. The lowest BCUT2D eigenvalue weighted by atomic mass is 9.95. The molecule has 230 valence electrons. The van der Waals surface area contributed by atoms with E-state index >= 15 is 0 Å². The maximum atomic E-state index is 12.8. The summed E-state index contributed by atoms with van der Waals surface area (Å²) in [6.07, 6.45) is 6.88. The van der Waals surface area contributed by atoms with Crippen LogP contribution < -0.4 is 10.2 Å². The number of allylic oxidation sites excluding steroid dienone is 4. The van der Waals surface area contributed by atoms with E-state index in [1.807, 2.05) is 62.6 Å². The lowest BCUT2D eigenvalue weighted by Gasteiger charge is -2.26. The number of nitrogens with one attached hydrogen (secondary N) is 1. The van der Waals surface area contributed by atoms with Crippen LogP contribution in [0, 0.1) is 12.8 Å². The number of anilines is 1. The van der Waals surface area contributed by atoms with Crippen LogP contribution in [-0.2, 0) is 33.8 Å². The molecule has 3 heterocycles. The normalized spacial score (nSPS) is 16.2. The first-order valence-corrected chi connectivity index (χ1v) is 16.6. The molecule has 2 aromatic heterocycles. The Labute approximate surface area is 263 Å². The van der Waals surface area contributed by atoms with E-state index in [1.54, 1.807) is 11.3 Å². The van der Waals surface area contributed by atoms with Crippen molar-refractivity contribution in [2.45, 2.75) is 91.6 Å². The fourth-order valence-corrected chi connectivity index (χ4v) is 7.31. The van der Waals surface area contributed by atoms with Gasteiger partial charge in [0.25, 0.3) is 0 Å². The molecule has 1 aromatic carbocycles. The maximum Gasteiger partial charge on any atom is 0.244 e. The molecule has 2 atom stereocenters. The molecule has 4 rings (SSSR count). The van der Waals surface area contributed by atoms with Gasteiger partial charge in [-0.2, -0.15) is 0 Å². The van der Waals surface area contributed by atoms with Gasteiger partial charge in [0.05, 0.1) is 12.7 Å². The van der Waals surface area contributed by atoms with Crippen LogP contribution in [0.3, 0.4) is 0 Å². The number of fused-ring (bicyclic) bond motifs is 1. The average molecular weight is 622 g/mol. The summed E-state index contributed by atoms with van der Waals surface area (Å²) in [5.74, 6) is 1.37. The number of ether oxygens (including phenoxy) is 1. The Morgan fingerprint density at radius 2 is 1.98 bits per heavy atom. The Bertz CT molecular complexity index is 1470. The van der Waals surface area contributed by atoms with Crippen LogP contribution >= 0.6 is 23.1 Å². The van der Waals surface area contributed by atoms with Crippen molar-refractivity contribution in [3.8, 4) is 5.00 Å². The highest BCUT2D eigenvalue weighted by atomic mass is 32.2. The van der Waals surface area contributed by atoms with E-state index in [0.29, 0.717) is 35.8 Å². The highest BCUT2D eigenvalue weighted by molar-refractivity contribution is 7.99. The van der Waals surface area contributed by atoms with E-state index in [1.165, 1.54) is 32.7 Å². The molecule has 0 fully saturated rings. The number of carbonyl (C=O) groups is 2. The molecule has 0 radical (unpaired) electrons. The van der Waals surface area contributed by atoms with Crippen molar-refractivity contribution in [1.29, 1.82) is 0 Å². The van der Waals surface area contributed by atoms with Gasteiger partial charge in [0, 0.05) is 35.2 Å². The molecule has 8 nitrogen and oxygen atoms in total. The molecule has 3 aromatic rings. The Hall–Kier alpha value is -3.21. The van der Waals surface area contributed by atoms with Gasteiger partial charge in [-0.3, -0.25) is 14.5 Å². The Morgan fingerprint density at radius 3 is 2.65 bits per heavy atom. The van der Waals surface area contributed by atoms with Crippen LogP contribution in [0.1, 0.15) is 69.5 Å². The first kappa shape index (κ1) is 32.7. The van der Waals surface area contributed by atoms with E-state index in [0.717, 1.165) is 41.1 Å². The molecule has 0 saturated carbocycles. The van der Waals surface area contributed by atoms with Crippen molar-refractivity contribution in [2.24, 2.45) is 5.92 Å².